The van der Waals surface area contributed by atoms with Crippen molar-refractivity contribution in [3.05, 3.63) is 57.7 Å². The molecule has 1 heterocycles. The number of rotatable bonds is 4. The maximum absolute atomic E-state index is 12.7. The lowest BCUT2D eigenvalue weighted by Gasteiger charge is -2.26. The second-order valence-electron chi connectivity index (χ2n) is 5.95. The van der Waals surface area contributed by atoms with Crippen LogP contribution in [0.15, 0.2) is 53.4 Å². The Bertz CT molecular complexity index is 860. The van der Waals surface area contributed by atoms with Gasteiger partial charge in [-0.2, -0.15) is 4.31 Å². The van der Waals surface area contributed by atoms with E-state index in [0.29, 0.717) is 24.3 Å². The molecule has 2 aromatic carbocycles. The molecule has 0 spiro atoms. The summed E-state index contributed by atoms with van der Waals surface area (Å²) in [5.74, 6) is -0.260. The summed E-state index contributed by atoms with van der Waals surface area (Å²) in [5.41, 5.74) is 1.01. The van der Waals surface area contributed by atoms with Gasteiger partial charge in [0.15, 0.2) is 0 Å². The third-order valence-corrected chi connectivity index (χ3v) is 6.76. The van der Waals surface area contributed by atoms with Crippen molar-refractivity contribution in [2.75, 3.05) is 18.4 Å². The normalized spacial score (nSPS) is 15.7. The average Bonchev–Trinajstić information content (AvgIpc) is 2.63. The van der Waals surface area contributed by atoms with Gasteiger partial charge >= 0.3 is 0 Å². The van der Waals surface area contributed by atoms with Crippen LogP contribution < -0.4 is 5.32 Å². The molecule has 0 saturated carbocycles. The molecule has 5 nitrogen and oxygen atoms in total. The number of benzene rings is 2. The predicted octanol–water partition coefficient (Wildman–Crippen LogP) is 3.72. The Morgan fingerprint density at radius 3 is 2.36 bits per heavy atom. The Morgan fingerprint density at radius 1 is 1.00 bits per heavy atom. The SMILES string of the molecule is O=C(Nc1cccc(S(=O)(=O)N2CCCCC2)c1)c1ccc(I)cc1. The molecular formula is C18H19IN2O3S. The first-order valence-electron chi connectivity index (χ1n) is 8.14. The van der Waals surface area contributed by atoms with Crippen LogP contribution in [-0.4, -0.2) is 31.7 Å². The summed E-state index contributed by atoms with van der Waals surface area (Å²) in [6, 6.07) is 13.6. The minimum absolute atomic E-state index is 0.217. The van der Waals surface area contributed by atoms with Crippen LogP contribution in [0.5, 0.6) is 0 Å². The second-order valence-corrected chi connectivity index (χ2v) is 9.14. The molecule has 1 fully saturated rings. The molecule has 0 aliphatic carbocycles. The molecule has 1 amide bonds. The number of hydrogen-bond donors (Lipinski definition) is 1. The van der Waals surface area contributed by atoms with E-state index < -0.39 is 10.0 Å². The van der Waals surface area contributed by atoms with Crippen molar-refractivity contribution in [1.29, 1.82) is 0 Å². The number of nitrogens with zero attached hydrogens (tertiary/aromatic N) is 1. The zero-order valence-electron chi connectivity index (χ0n) is 13.6. The van der Waals surface area contributed by atoms with E-state index in [1.807, 2.05) is 12.1 Å². The molecule has 0 unspecified atom stereocenters. The van der Waals surface area contributed by atoms with E-state index in [0.717, 1.165) is 22.8 Å². The van der Waals surface area contributed by atoms with Gasteiger partial charge < -0.3 is 5.32 Å². The molecule has 0 atom stereocenters. The van der Waals surface area contributed by atoms with E-state index in [1.54, 1.807) is 30.3 Å². The molecule has 1 N–H and O–H groups in total. The topological polar surface area (TPSA) is 66.5 Å². The van der Waals surface area contributed by atoms with Gasteiger partial charge in [0.2, 0.25) is 10.0 Å². The summed E-state index contributed by atoms with van der Waals surface area (Å²) in [6.45, 7) is 1.11. The van der Waals surface area contributed by atoms with E-state index >= 15 is 0 Å². The first-order valence-corrected chi connectivity index (χ1v) is 10.7. The molecule has 3 rings (SSSR count). The molecule has 1 aliphatic rings. The van der Waals surface area contributed by atoms with Crippen LogP contribution in [0.25, 0.3) is 0 Å². The van der Waals surface area contributed by atoms with Crippen LogP contribution >= 0.6 is 22.6 Å². The monoisotopic (exact) mass is 470 g/mol. The maximum atomic E-state index is 12.7. The Balaban J connectivity index is 1.79. The van der Waals surface area contributed by atoms with Gasteiger partial charge in [-0.3, -0.25) is 4.79 Å². The fourth-order valence-electron chi connectivity index (χ4n) is 2.79. The van der Waals surface area contributed by atoms with Crippen molar-refractivity contribution < 1.29 is 13.2 Å². The average molecular weight is 470 g/mol. The van der Waals surface area contributed by atoms with Gasteiger partial charge in [0.1, 0.15) is 0 Å². The molecule has 25 heavy (non-hydrogen) atoms. The van der Waals surface area contributed by atoms with Crippen LogP contribution in [-0.2, 0) is 10.0 Å². The van der Waals surface area contributed by atoms with Gasteiger partial charge in [-0.05, 0) is 77.9 Å². The Kier molecular flexibility index (Phi) is 5.75. The third kappa shape index (κ3) is 4.39. The third-order valence-electron chi connectivity index (χ3n) is 4.15. The number of amides is 1. The summed E-state index contributed by atoms with van der Waals surface area (Å²) in [4.78, 5) is 12.5. The lowest BCUT2D eigenvalue weighted by molar-refractivity contribution is 0.102. The highest BCUT2D eigenvalue weighted by atomic mass is 127. The standard InChI is InChI=1S/C18H19IN2O3S/c19-15-9-7-14(8-10-15)18(22)20-16-5-4-6-17(13-16)25(23,24)21-11-2-1-3-12-21/h4-10,13H,1-3,11-12H2,(H,20,22). The van der Waals surface area contributed by atoms with Gasteiger partial charge in [0.25, 0.3) is 5.91 Å². The van der Waals surface area contributed by atoms with Gasteiger partial charge in [-0.1, -0.05) is 12.5 Å². The number of nitrogens with one attached hydrogen (secondary N) is 1. The number of carbonyl (C=O) groups excluding carboxylic acids is 1. The summed E-state index contributed by atoms with van der Waals surface area (Å²) < 4.78 is 28.1. The maximum Gasteiger partial charge on any atom is 0.255 e. The van der Waals surface area contributed by atoms with Crippen molar-refractivity contribution in [3.63, 3.8) is 0 Å². The predicted molar refractivity (Wildman–Crippen MR) is 106 cm³/mol. The summed E-state index contributed by atoms with van der Waals surface area (Å²) in [6.07, 6.45) is 2.85. The van der Waals surface area contributed by atoms with Gasteiger partial charge in [-0.15, -0.1) is 0 Å². The van der Waals surface area contributed by atoms with Crippen molar-refractivity contribution >= 4 is 44.2 Å². The van der Waals surface area contributed by atoms with Crippen LogP contribution in [0.2, 0.25) is 0 Å². The lowest BCUT2D eigenvalue weighted by atomic mass is 10.2. The van der Waals surface area contributed by atoms with E-state index in [-0.39, 0.29) is 10.8 Å². The summed E-state index contributed by atoms with van der Waals surface area (Å²) >= 11 is 2.17. The number of anilines is 1. The van der Waals surface area contributed by atoms with E-state index in [1.165, 1.54) is 10.4 Å². The molecule has 0 radical (unpaired) electrons. The Hall–Kier alpha value is -1.45. The number of sulfonamides is 1. The van der Waals surface area contributed by atoms with Crippen molar-refractivity contribution in [2.24, 2.45) is 0 Å². The van der Waals surface area contributed by atoms with E-state index in [9.17, 15) is 13.2 Å². The van der Waals surface area contributed by atoms with E-state index in [4.69, 9.17) is 0 Å². The fourth-order valence-corrected chi connectivity index (χ4v) is 4.72. The van der Waals surface area contributed by atoms with Crippen LogP contribution in [0, 0.1) is 3.57 Å². The highest BCUT2D eigenvalue weighted by Gasteiger charge is 2.26. The number of piperidine rings is 1. The quantitative estimate of drug-likeness (QED) is 0.693. The Labute approximate surface area is 161 Å². The van der Waals surface area contributed by atoms with Gasteiger partial charge in [-0.25, -0.2) is 8.42 Å². The van der Waals surface area contributed by atoms with Gasteiger partial charge in [0, 0.05) is 27.9 Å². The van der Waals surface area contributed by atoms with Crippen molar-refractivity contribution in [2.45, 2.75) is 24.2 Å². The fraction of sp³-hybridized carbons (Fsp3) is 0.278. The van der Waals surface area contributed by atoms with Crippen LogP contribution in [0.4, 0.5) is 5.69 Å². The highest BCUT2D eigenvalue weighted by Crippen LogP contribution is 2.23. The molecule has 7 heteroatoms. The van der Waals surface area contributed by atoms with Gasteiger partial charge in [0.05, 0.1) is 4.90 Å². The smallest absolute Gasteiger partial charge is 0.255 e. The zero-order valence-corrected chi connectivity index (χ0v) is 16.6. The molecule has 2 aromatic rings. The van der Waals surface area contributed by atoms with Crippen molar-refractivity contribution in [1.82, 2.24) is 4.31 Å². The molecule has 132 valence electrons. The molecule has 1 aliphatic heterocycles. The second kappa shape index (κ2) is 7.84. The minimum atomic E-state index is -3.51. The molecule has 0 bridgehead atoms. The summed E-state index contributed by atoms with van der Waals surface area (Å²) in [7, 11) is -3.51. The number of carbonyl (C=O) groups is 1. The number of halogens is 1. The van der Waals surface area contributed by atoms with Crippen LogP contribution in [0.3, 0.4) is 0 Å². The molecular weight excluding hydrogens is 451 g/mol. The highest BCUT2D eigenvalue weighted by molar-refractivity contribution is 14.1. The number of hydrogen-bond acceptors (Lipinski definition) is 3. The minimum Gasteiger partial charge on any atom is -0.322 e. The largest absolute Gasteiger partial charge is 0.322 e. The lowest BCUT2D eigenvalue weighted by Crippen LogP contribution is -2.35. The molecule has 0 aromatic heterocycles. The summed E-state index contributed by atoms with van der Waals surface area (Å²) in [5, 5.41) is 2.77. The van der Waals surface area contributed by atoms with Crippen molar-refractivity contribution in [3.8, 4) is 0 Å². The molecule has 1 saturated heterocycles. The van der Waals surface area contributed by atoms with Crippen LogP contribution in [0.1, 0.15) is 29.6 Å². The van der Waals surface area contributed by atoms with E-state index in [2.05, 4.69) is 27.9 Å². The zero-order chi connectivity index (χ0) is 17.9. The first-order chi connectivity index (χ1) is 12.0. The first kappa shape index (κ1) is 18.3. The Morgan fingerprint density at radius 2 is 1.68 bits per heavy atom.